The van der Waals surface area contributed by atoms with Crippen LogP contribution in [0.15, 0.2) is 29.4 Å². The average molecular weight is 400 g/mol. The number of unbranched alkanes of at least 4 members (excludes halogenated alkanes) is 1. The minimum Gasteiger partial charge on any atom is -0.326 e. The van der Waals surface area contributed by atoms with Crippen molar-refractivity contribution in [2.45, 2.75) is 96.8 Å². The van der Waals surface area contributed by atoms with Crippen LogP contribution in [-0.4, -0.2) is 17.5 Å². The second-order valence-corrected chi connectivity index (χ2v) is 8.03. The number of rotatable bonds is 6. The summed E-state index contributed by atoms with van der Waals surface area (Å²) < 4.78 is 0. The SMILES string of the molecule is CCCCC(=O)Nc1ccc(C(=O)NN=C2CCCCCCCCCCC2)cc1. The highest BCUT2D eigenvalue weighted by Gasteiger charge is 2.08. The van der Waals surface area contributed by atoms with Gasteiger partial charge < -0.3 is 5.32 Å². The molecule has 0 bridgehead atoms. The fraction of sp³-hybridized carbons (Fsp3) is 0.625. The molecule has 1 aliphatic rings. The Morgan fingerprint density at radius 3 is 1.97 bits per heavy atom. The molecule has 0 atom stereocenters. The van der Waals surface area contributed by atoms with Crippen molar-refractivity contribution in [3.8, 4) is 0 Å². The third kappa shape index (κ3) is 9.73. The van der Waals surface area contributed by atoms with E-state index < -0.39 is 0 Å². The lowest BCUT2D eigenvalue weighted by atomic mass is 10.00. The first-order valence-electron chi connectivity index (χ1n) is 11.4. The van der Waals surface area contributed by atoms with Gasteiger partial charge >= 0.3 is 0 Å². The fourth-order valence-corrected chi connectivity index (χ4v) is 3.59. The van der Waals surface area contributed by atoms with Crippen molar-refractivity contribution in [1.82, 2.24) is 5.43 Å². The summed E-state index contributed by atoms with van der Waals surface area (Å²) in [6, 6.07) is 6.99. The number of carbonyl (C=O) groups is 2. The van der Waals surface area contributed by atoms with Gasteiger partial charge in [0, 0.05) is 23.4 Å². The summed E-state index contributed by atoms with van der Waals surface area (Å²) >= 11 is 0. The predicted molar refractivity (Wildman–Crippen MR) is 120 cm³/mol. The van der Waals surface area contributed by atoms with Crippen LogP contribution in [0.1, 0.15) is 107 Å². The lowest BCUT2D eigenvalue weighted by Crippen LogP contribution is -2.20. The van der Waals surface area contributed by atoms with Crippen LogP contribution in [0.2, 0.25) is 0 Å². The number of nitrogens with zero attached hydrogens (tertiary/aromatic N) is 1. The zero-order valence-electron chi connectivity index (χ0n) is 18.0. The van der Waals surface area contributed by atoms with Crippen molar-refractivity contribution < 1.29 is 9.59 Å². The van der Waals surface area contributed by atoms with E-state index in [0.29, 0.717) is 17.7 Å². The lowest BCUT2D eigenvalue weighted by Gasteiger charge is -2.10. The number of hydrazone groups is 1. The molecule has 1 saturated carbocycles. The number of benzene rings is 1. The summed E-state index contributed by atoms with van der Waals surface area (Å²) in [4.78, 5) is 24.2. The second-order valence-electron chi connectivity index (χ2n) is 8.03. The van der Waals surface area contributed by atoms with Crippen LogP contribution in [-0.2, 0) is 4.79 Å². The molecule has 2 N–H and O–H groups in total. The van der Waals surface area contributed by atoms with Crippen LogP contribution < -0.4 is 10.7 Å². The van der Waals surface area contributed by atoms with E-state index in [9.17, 15) is 9.59 Å². The molecule has 1 fully saturated rings. The van der Waals surface area contributed by atoms with Gasteiger partial charge in [-0.25, -0.2) is 5.43 Å². The first-order valence-corrected chi connectivity index (χ1v) is 11.4. The maximum Gasteiger partial charge on any atom is 0.271 e. The number of nitrogens with one attached hydrogen (secondary N) is 2. The summed E-state index contributed by atoms with van der Waals surface area (Å²) in [6.45, 7) is 2.06. The highest BCUT2D eigenvalue weighted by atomic mass is 16.2. The largest absolute Gasteiger partial charge is 0.326 e. The molecule has 1 aromatic carbocycles. The van der Waals surface area contributed by atoms with Crippen molar-refractivity contribution in [2.24, 2.45) is 5.10 Å². The second kappa shape index (κ2) is 13.9. The molecule has 0 saturated heterocycles. The highest BCUT2D eigenvalue weighted by Crippen LogP contribution is 2.16. The topological polar surface area (TPSA) is 70.6 Å². The third-order valence-corrected chi connectivity index (χ3v) is 5.43. The molecule has 5 heteroatoms. The van der Waals surface area contributed by atoms with E-state index in [2.05, 4.69) is 22.8 Å². The smallest absolute Gasteiger partial charge is 0.271 e. The summed E-state index contributed by atoms with van der Waals surface area (Å²) in [5.41, 5.74) is 5.11. The van der Waals surface area contributed by atoms with Gasteiger partial charge in [0.25, 0.3) is 5.91 Å². The molecule has 0 unspecified atom stereocenters. The molecular weight excluding hydrogens is 362 g/mol. The Bertz CT molecular complexity index is 639. The normalized spacial score (nSPS) is 16.2. The highest BCUT2D eigenvalue weighted by molar-refractivity contribution is 5.96. The van der Waals surface area contributed by atoms with Crippen molar-refractivity contribution >= 4 is 23.2 Å². The van der Waals surface area contributed by atoms with Crippen LogP contribution in [0.4, 0.5) is 5.69 Å². The molecule has 0 radical (unpaired) electrons. The number of hydrogen-bond acceptors (Lipinski definition) is 3. The van der Waals surface area contributed by atoms with Crippen molar-refractivity contribution in [3.05, 3.63) is 29.8 Å². The summed E-state index contributed by atoms with van der Waals surface area (Å²) in [5.74, 6) is -0.189. The Kier molecular flexibility index (Phi) is 11.1. The number of anilines is 1. The fourth-order valence-electron chi connectivity index (χ4n) is 3.59. The van der Waals surface area contributed by atoms with Gasteiger partial charge in [-0.2, -0.15) is 5.10 Å². The molecule has 2 rings (SSSR count). The quantitative estimate of drug-likeness (QED) is 0.559. The Morgan fingerprint density at radius 1 is 0.862 bits per heavy atom. The molecule has 2 amide bonds. The Balaban J connectivity index is 1.85. The monoisotopic (exact) mass is 399 g/mol. The zero-order valence-corrected chi connectivity index (χ0v) is 18.0. The minimum atomic E-state index is -0.201. The van der Waals surface area contributed by atoms with E-state index in [0.717, 1.165) is 44.2 Å². The van der Waals surface area contributed by atoms with E-state index in [-0.39, 0.29) is 11.8 Å². The zero-order chi connectivity index (χ0) is 20.7. The Morgan fingerprint density at radius 2 is 1.41 bits per heavy atom. The predicted octanol–water partition coefficient (Wildman–Crippen LogP) is 6.21. The van der Waals surface area contributed by atoms with Crippen molar-refractivity contribution in [1.29, 1.82) is 0 Å². The van der Waals surface area contributed by atoms with Gasteiger partial charge in [0.2, 0.25) is 5.91 Å². The molecule has 0 aromatic heterocycles. The van der Waals surface area contributed by atoms with Gasteiger partial charge in [0.15, 0.2) is 0 Å². The maximum atomic E-state index is 12.4. The van der Waals surface area contributed by atoms with Crippen LogP contribution in [0, 0.1) is 0 Å². The molecule has 29 heavy (non-hydrogen) atoms. The Hall–Kier alpha value is -2.17. The average Bonchev–Trinajstić information content (AvgIpc) is 2.72. The molecule has 5 nitrogen and oxygen atoms in total. The van der Waals surface area contributed by atoms with E-state index >= 15 is 0 Å². The van der Waals surface area contributed by atoms with E-state index in [1.165, 1.54) is 44.9 Å². The minimum absolute atomic E-state index is 0.0120. The standard InChI is InChI=1S/C24H37N3O2/c1-2-3-15-23(28)25-21-18-16-20(17-19-21)24(29)27-26-22-13-11-9-7-5-4-6-8-10-12-14-22/h16-19H,2-15H2,1H3,(H,25,28)(H,27,29). The van der Waals surface area contributed by atoms with Crippen LogP contribution in [0.3, 0.4) is 0 Å². The Labute approximate surface area is 175 Å². The van der Waals surface area contributed by atoms with Crippen LogP contribution in [0.5, 0.6) is 0 Å². The van der Waals surface area contributed by atoms with Crippen molar-refractivity contribution in [3.63, 3.8) is 0 Å². The summed E-state index contributed by atoms with van der Waals surface area (Å²) in [5, 5.41) is 7.30. The van der Waals surface area contributed by atoms with E-state index in [1.54, 1.807) is 24.3 Å². The van der Waals surface area contributed by atoms with Gasteiger partial charge in [-0.15, -0.1) is 0 Å². The third-order valence-electron chi connectivity index (χ3n) is 5.43. The maximum absolute atomic E-state index is 12.4. The molecule has 0 spiro atoms. The molecule has 160 valence electrons. The first-order chi connectivity index (χ1) is 14.2. The lowest BCUT2D eigenvalue weighted by molar-refractivity contribution is -0.116. The van der Waals surface area contributed by atoms with Crippen LogP contribution in [0.25, 0.3) is 0 Å². The molecule has 0 heterocycles. The summed E-state index contributed by atoms with van der Waals surface area (Å²) in [7, 11) is 0. The van der Waals surface area contributed by atoms with E-state index in [1.807, 2.05) is 0 Å². The van der Waals surface area contributed by atoms with Gasteiger partial charge in [-0.3, -0.25) is 9.59 Å². The molecule has 1 aliphatic carbocycles. The summed E-state index contributed by atoms with van der Waals surface area (Å²) in [6.07, 6.45) is 15.8. The first kappa shape index (κ1) is 23.1. The van der Waals surface area contributed by atoms with Gasteiger partial charge in [-0.1, -0.05) is 58.3 Å². The molecule has 1 aromatic rings. The number of hydrogen-bond donors (Lipinski definition) is 2. The molecular formula is C24H37N3O2. The van der Waals surface area contributed by atoms with Gasteiger partial charge in [-0.05, 0) is 56.4 Å². The van der Waals surface area contributed by atoms with Gasteiger partial charge in [0.05, 0.1) is 0 Å². The number of carbonyl (C=O) groups excluding carboxylic acids is 2. The van der Waals surface area contributed by atoms with Crippen molar-refractivity contribution in [2.75, 3.05) is 5.32 Å². The van der Waals surface area contributed by atoms with Crippen LogP contribution >= 0.6 is 0 Å². The van der Waals surface area contributed by atoms with E-state index in [4.69, 9.17) is 0 Å². The molecule has 0 aliphatic heterocycles. The number of amides is 2. The van der Waals surface area contributed by atoms with Gasteiger partial charge in [0.1, 0.15) is 0 Å².